The maximum absolute atomic E-state index is 13.1. The second-order valence-electron chi connectivity index (χ2n) is 6.10. The Kier molecular flexibility index (Phi) is 5.27. The summed E-state index contributed by atoms with van der Waals surface area (Å²) in [5.74, 6) is 0. The Balaban J connectivity index is 1.94. The molecule has 0 spiro atoms. The van der Waals surface area contributed by atoms with Gasteiger partial charge in [0.05, 0.1) is 16.9 Å². The zero-order valence-corrected chi connectivity index (χ0v) is 14.5. The highest BCUT2D eigenvalue weighted by atomic mass is 32.1. The number of nitrogens with one attached hydrogen (secondary N) is 1. The Morgan fingerprint density at radius 3 is 2.28 bits per heavy atom. The van der Waals surface area contributed by atoms with E-state index >= 15 is 0 Å². The van der Waals surface area contributed by atoms with E-state index in [1.807, 2.05) is 30.3 Å². The minimum absolute atomic E-state index is 0.408. The van der Waals surface area contributed by atoms with E-state index in [4.69, 9.17) is 12.2 Å². The molecule has 0 radical (unpaired) electrons. The normalized spacial score (nSPS) is 15.1. The Hall–Kier alpha value is -2.08. The van der Waals surface area contributed by atoms with Crippen molar-refractivity contribution in [3.63, 3.8) is 0 Å². The summed E-state index contributed by atoms with van der Waals surface area (Å²) in [5, 5.41) is 3.03. The molecule has 1 aliphatic heterocycles. The van der Waals surface area contributed by atoms with Crippen LogP contribution in [-0.4, -0.2) is 18.1 Å². The highest BCUT2D eigenvalue weighted by Crippen LogP contribution is 2.36. The average Bonchev–Trinajstić information content (AvgIpc) is 2.62. The molecule has 0 amide bonds. The summed E-state index contributed by atoms with van der Waals surface area (Å²) in [4.78, 5) is 2.54. The first-order valence-corrected chi connectivity index (χ1v) is 8.68. The first kappa shape index (κ1) is 17.7. The zero-order chi connectivity index (χ0) is 17.9. The van der Waals surface area contributed by atoms with Crippen molar-refractivity contribution < 1.29 is 13.2 Å². The van der Waals surface area contributed by atoms with Gasteiger partial charge in [0.1, 0.15) is 4.99 Å². The van der Waals surface area contributed by atoms with E-state index in [-0.39, 0.29) is 0 Å². The standard InChI is InChI=1S/C19H19F3N2S/c20-19(21,22)15-9-10-17(24-11-5-2-6-12-24)16(13-15)23-18(25)14-7-3-1-4-8-14/h1,3-4,7-10,13H,2,5-6,11-12H2,(H,23,25). The third-order valence-electron chi connectivity index (χ3n) is 4.30. The number of anilines is 2. The van der Waals surface area contributed by atoms with E-state index in [1.165, 1.54) is 0 Å². The predicted octanol–water partition coefficient (Wildman–Crippen LogP) is 5.48. The number of nitrogens with zero attached hydrogens (tertiary/aromatic N) is 1. The Morgan fingerprint density at radius 1 is 0.960 bits per heavy atom. The van der Waals surface area contributed by atoms with Crippen LogP contribution in [0, 0.1) is 0 Å². The van der Waals surface area contributed by atoms with E-state index in [0.717, 1.165) is 55.7 Å². The minimum atomic E-state index is -4.38. The van der Waals surface area contributed by atoms with Crippen molar-refractivity contribution in [1.29, 1.82) is 0 Å². The highest BCUT2D eigenvalue weighted by Gasteiger charge is 2.31. The molecule has 0 bridgehead atoms. The van der Waals surface area contributed by atoms with Gasteiger partial charge in [-0.3, -0.25) is 0 Å². The molecule has 0 unspecified atom stereocenters. The van der Waals surface area contributed by atoms with Crippen LogP contribution in [0.2, 0.25) is 0 Å². The molecule has 132 valence electrons. The molecular weight excluding hydrogens is 345 g/mol. The third kappa shape index (κ3) is 4.31. The maximum atomic E-state index is 13.1. The van der Waals surface area contributed by atoms with E-state index < -0.39 is 11.7 Å². The number of hydrogen-bond donors (Lipinski definition) is 1. The maximum Gasteiger partial charge on any atom is 0.416 e. The molecule has 25 heavy (non-hydrogen) atoms. The van der Waals surface area contributed by atoms with Crippen molar-refractivity contribution in [2.75, 3.05) is 23.3 Å². The van der Waals surface area contributed by atoms with Crippen molar-refractivity contribution in [1.82, 2.24) is 0 Å². The molecule has 2 aromatic carbocycles. The number of piperidine rings is 1. The largest absolute Gasteiger partial charge is 0.416 e. The summed E-state index contributed by atoms with van der Waals surface area (Å²) in [5.41, 5.74) is 1.28. The smallest absolute Gasteiger partial charge is 0.370 e. The van der Waals surface area contributed by atoms with Gasteiger partial charge >= 0.3 is 6.18 Å². The van der Waals surface area contributed by atoms with Crippen molar-refractivity contribution >= 4 is 28.6 Å². The van der Waals surface area contributed by atoms with Crippen molar-refractivity contribution in [3.05, 3.63) is 59.7 Å². The lowest BCUT2D eigenvalue weighted by Gasteiger charge is -2.31. The van der Waals surface area contributed by atoms with Gasteiger partial charge in [-0.2, -0.15) is 13.2 Å². The number of halogens is 3. The molecular formula is C19H19F3N2S. The van der Waals surface area contributed by atoms with Gasteiger partial charge in [0, 0.05) is 18.7 Å². The number of thiocarbonyl (C=S) groups is 1. The molecule has 2 nitrogen and oxygen atoms in total. The molecule has 1 N–H and O–H groups in total. The lowest BCUT2D eigenvalue weighted by Crippen LogP contribution is -2.30. The van der Waals surface area contributed by atoms with Gasteiger partial charge in [-0.05, 0) is 37.5 Å². The van der Waals surface area contributed by atoms with Crippen molar-refractivity contribution in [2.45, 2.75) is 25.4 Å². The van der Waals surface area contributed by atoms with Crippen molar-refractivity contribution in [3.8, 4) is 0 Å². The highest BCUT2D eigenvalue weighted by molar-refractivity contribution is 7.81. The fourth-order valence-electron chi connectivity index (χ4n) is 3.01. The van der Waals surface area contributed by atoms with Gasteiger partial charge in [0.2, 0.25) is 0 Å². The predicted molar refractivity (Wildman–Crippen MR) is 99.3 cm³/mol. The summed E-state index contributed by atoms with van der Waals surface area (Å²) in [6.45, 7) is 1.69. The fraction of sp³-hybridized carbons (Fsp3) is 0.316. The number of benzene rings is 2. The van der Waals surface area contributed by atoms with Crippen LogP contribution in [0.5, 0.6) is 0 Å². The summed E-state index contributed by atoms with van der Waals surface area (Å²) in [7, 11) is 0. The van der Waals surface area contributed by atoms with Crippen LogP contribution < -0.4 is 10.2 Å². The van der Waals surface area contributed by atoms with Crippen LogP contribution in [0.1, 0.15) is 30.4 Å². The summed E-state index contributed by atoms with van der Waals surface area (Å²) in [6, 6.07) is 13.1. The van der Waals surface area contributed by atoms with Crippen LogP contribution in [0.25, 0.3) is 0 Å². The number of hydrogen-bond acceptors (Lipinski definition) is 2. The Labute approximate surface area is 150 Å². The molecule has 1 heterocycles. The second kappa shape index (κ2) is 7.44. The molecule has 0 atom stereocenters. The second-order valence-corrected chi connectivity index (χ2v) is 6.51. The summed E-state index contributed by atoms with van der Waals surface area (Å²) >= 11 is 5.39. The molecule has 3 rings (SSSR count). The van der Waals surface area contributed by atoms with Crippen molar-refractivity contribution in [2.24, 2.45) is 0 Å². The topological polar surface area (TPSA) is 15.3 Å². The van der Waals surface area contributed by atoms with Gasteiger partial charge in [-0.25, -0.2) is 0 Å². The lowest BCUT2D eigenvalue weighted by atomic mass is 10.1. The van der Waals surface area contributed by atoms with Gasteiger partial charge < -0.3 is 10.2 Å². The summed E-state index contributed by atoms with van der Waals surface area (Å²) < 4.78 is 39.4. The third-order valence-corrected chi connectivity index (χ3v) is 4.64. The number of rotatable bonds is 3. The SMILES string of the molecule is FC(F)(F)c1ccc(N2CCCCC2)c(NC(=S)c2ccccc2)c1. The first-order chi connectivity index (χ1) is 11.9. The Morgan fingerprint density at radius 2 is 1.64 bits per heavy atom. The van der Waals surface area contributed by atoms with E-state index in [0.29, 0.717) is 10.7 Å². The minimum Gasteiger partial charge on any atom is -0.370 e. The van der Waals surface area contributed by atoms with E-state index in [2.05, 4.69) is 10.2 Å². The Bertz CT molecular complexity index is 738. The average molecular weight is 364 g/mol. The van der Waals surface area contributed by atoms with Crippen LogP contribution in [-0.2, 0) is 6.18 Å². The molecule has 0 saturated carbocycles. The fourth-order valence-corrected chi connectivity index (χ4v) is 3.25. The van der Waals surface area contributed by atoms with Gasteiger partial charge in [0.25, 0.3) is 0 Å². The monoisotopic (exact) mass is 364 g/mol. The van der Waals surface area contributed by atoms with Crippen LogP contribution in [0.15, 0.2) is 48.5 Å². The van der Waals surface area contributed by atoms with Crippen LogP contribution in [0.4, 0.5) is 24.5 Å². The van der Waals surface area contributed by atoms with E-state index in [9.17, 15) is 13.2 Å². The van der Waals surface area contributed by atoms with Gasteiger partial charge in [0.15, 0.2) is 0 Å². The van der Waals surface area contributed by atoms with Crippen LogP contribution in [0.3, 0.4) is 0 Å². The van der Waals surface area contributed by atoms with E-state index in [1.54, 1.807) is 6.07 Å². The molecule has 0 aliphatic carbocycles. The van der Waals surface area contributed by atoms with Gasteiger partial charge in [-0.1, -0.05) is 42.5 Å². The lowest BCUT2D eigenvalue weighted by molar-refractivity contribution is -0.137. The van der Waals surface area contributed by atoms with Crippen LogP contribution >= 0.6 is 12.2 Å². The van der Waals surface area contributed by atoms with Gasteiger partial charge in [-0.15, -0.1) is 0 Å². The molecule has 2 aromatic rings. The molecule has 1 saturated heterocycles. The number of alkyl halides is 3. The molecule has 6 heteroatoms. The first-order valence-electron chi connectivity index (χ1n) is 8.28. The quantitative estimate of drug-likeness (QED) is 0.726. The zero-order valence-electron chi connectivity index (χ0n) is 13.6. The molecule has 0 aromatic heterocycles. The molecule has 1 aliphatic rings. The molecule has 1 fully saturated rings. The summed E-state index contributed by atoms with van der Waals surface area (Å²) in [6.07, 6.45) is -1.14.